The molecule has 2 atom stereocenters. The molecule has 0 radical (unpaired) electrons. The predicted octanol–water partition coefficient (Wildman–Crippen LogP) is 3.22. The molecule has 2 unspecified atom stereocenters. The maximum Gasteiger partial charge on any atom is 0.314 e. The van der Waals surface area contributed by atoms with Crippen molar-refractivity contribution >= 4 is 11.9 Å². The average molecular weight is 451 g/mol. The van der Waals surface area contributed by atoms with Crippen molar-refractivity contribution < 1.29 is 23.1 Å². The number of likely N-dealkylation sites (tertiary alicyclic amines) is 1. The van der Waals surface area contributed by atoms with E-state index >= 15 is 0 Å². The lowest BCUT2D eigenvalue weighted by atomic mass is 9.88. The molecule has 5 rings (SSSR count). The molecular weight excluding hydrogens is 429 g/mol. The Morgan fingerprint density at radius 3 is 2.76 bits per heavy atom. The van der Waals surface area contributed by atoms with Crippen molar-refractivity contribution in [1.82, 2.24) is 24.9 Å². The van der Waals surface area contributed by atoms with E-state index in [0.29, 0.717) is 35.7 Å². The average Bonchev–Trinajstić information content (AvgIpc) is 3.57. The van der Waals surface area contributed by atoms with Gasteiger partial charge in [0.1, 0.15) is 17.5 Å². The predicted molar refractivity (Wildman–Crippen MR) is 113 cm³/mol. The summed E-state index contributed by atoms with van der Waals surface area (Å²) in [4.78, 5) is 27.4. The van der Waals surface area contributed by atoms with E-state index in [9.17, 15) is 14.0 Å². The van der Waals surface area contributed by atoms with Crippen LogP contribution in [0.5, 0.6) is 0 Å². The van der Waals surface area contributed by atoms with Gasteiger partial charge >= 0.3 is 5.97 Å². The second-order valence-electron chi connectivity index (χ2n) is 8.17. The van der Waals surface area contributed by atoms with Crippen LogP contribution >= 0.6 is 0 Å². The van der Waals surface area contributed by atoms with E-state index in [0.717, 1.165) is 12.8 Å². The van der Waals surface area contributed by atoms with Gasteiger partial charge in [0.15, 0.2) is 5.69 Å². The maximum atomic E-state index is 13.8. The summed E-state index contributed by atoms with van der Waals surface area (Å²) in [5, 5.41) is 12.3. The Hall–Kier alpha value is -3.82. The number of halogens is 1. The van der Waals surface area contributed by atoms with Crippen molar-refractivity contribution in [3.05, 3.63) is 66.1 Å². The van der Waals surface area contributed by atoms with Gasteiger partial charge in [0.25, 0.3) is 5.91 Å². The SMILES string of the molecule is Cn1cc(-c2ccc(F)cc2)c(C(=O)N2CCCCC2C(C2=CCC(=O)O2)c2nnco2)n1. The summed E-state index contributed by atoms with van der Waals surface area (Å²) in [6.07, 6.45) is 7.24. The molecule has 9 nitrogen and oxygen atoms in total. The molecule has 0 aliphatic carbocycles. The third-order valence-electron chi connectivity index (χ3n) is 6.03. The highest BCUT2D eigenvalue weighted by Crippen LogP contribution is 2.38. The summed E-state index contributed by atoms with van der Waals surface area (Å²) in [6.45, 7) is 0.509. The number of carbonyl (C=O) groups is 2. The monoisotopic (exact) mass is 451 g/mol. The third-order valence-corrected chi connectivity index (χ3v) is 6.03. The quantitative estimate of drug-likeness (QED) is 0.549. The van der Waals surface area contributed by atoms with Crippen LogP contribution < -0.4 is 0 Å². The molecule has 3 aromatic rings. The lowest BCUT2D eigenvalue weighted by Crippen LogP contribution is -2.47. The zero-order valence-electron chi connectivity index (χ0n) is 18.0. The van der Waals surface area contributed by atoms with Crippen LogP contribution in [0.25, 0.3) is 11.1 Å². The van der Waals surface area contributed by atoms with Gasteiger partial charge in [-0.05, 0) is 43.0 Å². The number of carbonyl (C=O) groups excluding carboxylic acids is 2. The van der Waals surface area contributed by atoms with E-state index < -0.39 is 5.92 Å². The molecule has 170 valence electrons. The van der Waals surface area contributed by atoms with E-state index in [1.807, 2.05) is 0 Å². The molecule has 33 heavy (non-hydrogen) atoms. The molecule has 4 heterocycles. The standard InChI is InChI=1S/C23H22FN5O4/c1-28-12-16(14-5-7-15(24)8-6-14)21(27-28)23(31)29-11-3-2-4-17(29)20(22-26-25-13-32-22)18-9-10-19(30)33-18/h5-9,12-13,17,20H,2-4,10-11H2,1H3. The molecule has 2 aliphatic heterocycles. The van der Waals surface area contributed by atoms with Crippen LogP contribution in [-0.2, 0) is 16.6 Å². The summed E-state index contributed by atoms with van der Waals surface area (Å²) in [6, 6.07) is 5.60. The first-order chi connectivity index (χ1) is 16.0. The van der Waals surface area contributed by atoms with E-state index in [2.05, 4.69) is 15.3 Å². The zero-order chi connectivity index (χ0) is 22.9. The number of ether oxygens (including phenoxy) is 1. The summed E-state index contributed by atoms with van der Waals surface area (Å²) >= 11 is 0. The zero-order valence-corrected chi connectivity index (χ0v) is 18.0. The Labute approximate surface area is 188 Å². The minimum atomic E-state index is -0.554. The molecule has 0 bridgehead atoms. The van der Waals surface area contributed by atoms with Crippen molar-refractivity contribution in [2.75, 3.05) is 6.54 Å². The molecular formula is C23H22FN5O4. The summed E-state index contributed by atoms with van der Waals surface area (Å²) in [7, 11) is 1.74. The maximum absolute atomic E-state index is 13.8. The first kappa shape index (κ1) is 21.0. The molecule has 2 aliphatic rings. The van der Waals surface area contributed by atoms with E-state index in [-0.39, 0.29) is 35.9 Å². The summed E-state index contributed by atoms with van der Waals surface area (Å²) in [5.41, 5.74) is 1.59. The minimum Gasteiger partial charge on any atom is -0.430 e. The fraction of sp³-hybridized carbons (Fsp3) is 0.348. The Bertz CT molecular complexity index is 1200. The van der Waals surface area contributed by atoms with Gasteiger partial charge in [0.2, 0.25) is 12.3 Å². The molecule has 2 aromatic heterocycles. The lowest BCUT2D eigenvalue weighted by molar-refractivity contribution is -0.137. The Morgan fingerprint density at radius 1 is 1.24 bits per heavy atom. The van der Waals surface area contributed by atoms with Crippen molar-refractivity contribution in [1.29, 1.82) is 0 Å². The molecule has 1 aromatic carbocycles. The summed E-state index contributed by atoms with van der Waals surface area (Å²) < 4.78 is 26.0. The number of hydrogen-bond acceptors (Lipinski definition) is 7. The van der Waals surface area contributed by atoms with Crippen LogP contribution in [0.1, 0.15) is 48.0 Å². The molecule has 0 N–H and O–H groups in total. The van der Waals surface area contributed by atoms with Crippen LogP contribution in [0.15, 0.2) is 53.1 Å². The Kier molecular flexibility index (Phi) is 5.49. The number of piperidine rings is 1. The Balaban J connectivity index is 1.52. The highest BCUT2D eigenvalue weighted by atomic mass is 19.1. The van der Waals surface area contributed by atoms with Crippen LogP contribution in [0.2, 0.25) is 0 Å². The van der Waals surface area contributed by atoms with Gasteiger partial charge < -0.3 is 14.1 Å². The van der Waals surface area contributed by atoms with Gasteiger partial charge in [0, 0.05) is 25.4 Å². The highest BCUT2D eigenvalue weighted by Gasteiger charge is 2.42. The number of cyclic esters (lactones) is 1. The summed E-state index contributed by atoms with van der Waals surface area (Å²) in [5.74, 6) is -0.802. The number of amides is 1. The van der Waals surface area contributed by atoms with Crippen molar-refractivity contribution in [2.24, 2.45) is 7.05 Å². The molecule has 10 heteroatoms. The van der Waals surface area contributed by atoms with Crippen LogP contribution in [0, 0.1) is 5.82 Å². The van der Waals surface area contributed by atoms with E-state index in [4.69, 9.17) is 9.15 Å². The lowest BCUT2D eigenvalue weighted by Gasteiger charge is -2.39. The van der Waals surface area contributed by atoms with Gasteiger partial charge in [0.05, 0.1) is 12.5 Å². The number of rotatable bonds is 5. The van der Waals surface area contributed by atoms with Crippen LogP contribution in [0.3, 0.4) is 0 Å². The molecule has 0 spiro atoms. The van der Waals surface area contributed by atoms with E-state index in [1.165, 1.54) is 18.5 Å². The van der Waals surface area contributed by atoms with Gasteiger partial charge in [-0.1, -0.05) is 12.1 Å². The highest BCUT2D eigenvalue weighted by molar-refractivity contribution is 5.99. The minimum absolute atomic E-state index is 0.162. The normalized spacial score (nSPS) is 19.3. The number of aromatic nitrogens is 4. The van der Waals surface area contributed by atoms with Crippen molar-refractivity contribution in [2.45, 2.75) is 37.6 Å². The topological polar surface area (TPSA) is 103 Å². The second kappa shape index (κ2) is 8.61. The first-order valence-electron chi connectivity index (χ1n) is 10.8. The molecule has 0 saturated carbocycles. The molecule has 1 fully saturated rings. The van der Waals surface area contributed by atoms with Gasteiger partial charge in [-0.3, -0.25) is 14.3 Å². The number of aryl methyl sites for hydroxylation is 1. The van der Waals surface area contributed by atoms with Gasteiger partial charge in [-0.15, -0.1) is 10.2 Å². The third kappa shape index (κ3) is 4.04. The fourth-order valence-electron chi connectivity index (χ4n) is 4.56. The number of hydrogen-bond donors (Lipinski definition) is 0. The fourth-order valence-corrected chi connectivity index (χ4v) is 4.56. The number of esters is 1. The Morgan fingerprint density at radius 2 is 2.06 bits per heavy atom. The number of benzene rings is 1. The van der Waals surface area contributed by atoms with Crippen molar-refractivity contribution in [3.63, 3.8) is 0 Å². The van der Waals surface area contributed by atoms with Crippen molar-refractivity contribution in [3.8, 4) is 11.1 Å². The van der Waals surface area contributed by atoms with Gasteiger partial charge in [-0.2, -0.15) is 5.10 Å². The van der Waals surface area contributed by atoms with E-state index in [1.54, 1.807) is 41.0 Å². The largest absolute Gasteiger partial charge is 0.430 e. The van der Waals surface area contributed by atoms with Crippen LogP contribution in [0.4, 0.5) is 4.39 Å². The first-order valence-corrected chi connectivity index (χ1v) is 10.8. The van der Waals surface area contributed by atoms with Crippen LogP contribution in [-0.4, -0.2) is 49.3 Å². The molecule has 1 saturated heterocycles. The smallest absolute Gasteiger partial charge is 0.314 e. The number of nitrogens with zero attached hydrogens (tertiary/aromatic N) is 5. The van der Waals surface area contributed by atoms with Gasteiger partial charge in [-0.25, -0.2) is 4.39 Å². The molecule has 1 amide bonds. The second-order valence-corrected chi connectivity index (χ2v) is 8.17.